The van der Waals surface area contributed by atoms with Crippen LogP contribution < -0.4 is 0 Å². The van der Waals surface area contributed by atoms with Gasteiger partial charge in [-0.3, -0.25) is 19.2 Å². The van der Waals surface area contributed by atoms with Crippen LogP contribution in [0.5, 0.6) is 0 Å². The van der Waals surface area contributed by atoms with Crippen LogP contribution in [0.15, 0.2) is 0 Å². The van der Waals surface area contributed by atoms with E-state index in [-0.39, 0.29) is 36.1 Å². The minimum Gasteiger partial charge on any atom is -0.357 e. The van der Waals surface area contributed by atoms with Gasteiger partial charge in [-0.15, -0.1) is 0 Å². The van der Waals surface area contributed by atoms with Crippen molar-refractivity contribution < 1.29 is 28.7 Å². The van der Waals surface area contributed by atoms with E-state index in [0.717, 1.165) is 77.5 Å². The van der Waals surface area contributed by atoms with E-state index in [0.29, 0.717) is 45.6 Å². The molecule has 4 heterocycles. The van der Waals surface area contributed by atoms with Crippen molar-refractivity contribution in [3.63, 3.8) is 0 Å². The molecule has 10 heteroatoms. The Morgan fingerprint density at radius 1 is 0.568 bits per heavy atom. The molecule has 4 amide bonds. The SMILES string of the molecule is CC(OCCN1CCCC1=O)N1CCCCCC1=O.CC(OCN1CCCCCC1=O)N1CCCC1=O. The van der Waals surface area contributed by atoms with Gasteiger partial charge in [0, 0.05) is 58.4 Å². The van der Waals surface area contributed by atoms with E-state index >= 15 is 0 Å². The summed E-state index contributed by atoms with van der Waals surface area (Å²) in [7, 11) is 0. The Hall–Kier alpha value is -2.20. The van der Waals surface area contributed by atoms with E-state index in [2.05, 4.69) is 0 Å². The van der Waals surface area contributed by atoms with Crippen LogP contribution in [-0.2, 0) is 28.7 Å². The first kappa shape index (κ1) is 29.4. The summed E-state index contributed by atoms with van der Waals surface area (Å²) in [6.45, 7) is 8.46. The molecule has 0 bridgehead atoms. The molecule has 210 valence electrons. The molecule has 0 aromatic carbocycles. The number of ether oxygens (including phenoxy) is 2. The number of hydrogen-bond acceptors (Lipinski definition) is 6. The van der Waals surface area contributed by atoms with Crippen molar-refractivity contribution in [1.29, 1.82) is 0 Å². The average Bonchev–Trinajstić information content (AvgIpc) is 3.35. The molecule has 0 aliphatic carbocycles. The highest BCUT2D eigenvalue weighted by molar-refractivity contribution is 5.78. The molecule has 0 N–H and O–H groups in total. The third-order valence-electron chi connectivity index (χ3n) is 7.63. The fourth-order valence-corrected chi connectivity index (χ4v) is 5.27. The Bertz CT molecular complexity index is 778. The van der Waals surface area contributed by atoms with Crippen molar-refractivity contribution >= 4 is 23.6 Å². The molecule has 4 aliphatic rings. The van der Waals surface area contributed by atoms with Crippen molar-refractivity contribution in [2.45, 2.75) is 103 Å². The fourth-order valence-electron chi connectivity index (χ4n) is 5.27. The highest BCUT2D eigenvalue weighted by Gasteiger charge is 2.27. The lowest BCUT2D eigenvalue weighted by atomic mass is 10.2. The van der Waals surface area contributed by atoms with Crippen molar-refractivity contribution in [1.82, 2.24) is 19.6 Å². The molecule has 37 heavy (non-hydrogen) atoms. The standard InChI is InChI=1S/C14H24N2O3.C13H22N2O3/c1-12(16-9-4-2-3-6-14(16)18)19-11-10-15-8-5-7-13(15)17;1-11(15-9-5-7-13(15)17)18-10-14-8-4-2-3-6-12(14)16/h12H,2-11H2,1H3;11H,2-10H2,1H3. The summed E-state index contributed by atoms with van der Waals surface area (Å²) in [5, 5.41) is 0. The molecule has 2 unspecified atom stereocenters. The first-order chi connectivity index (χ1) is 17.9. The summed E-state index contributed by atoms with van der Waals surface area (Å²) in [5.74, 6) is 0.751. The van der Waals surface area contributed by atoms with E-state index in [4.69, 9.17) is 9.47 Å². The molecule has 0 radical (unpaired) electrons. The zero-order chi connectivity index (χ0) is 26.6. The third-order valence-corrected chi connectivity index (χ3v) is 7.63. The minimum atomic E-state index is -0.226. The van der Waals surface area contributed by atoms with Crippen molar-refractivity contribution in [3.8, 4) is 0 Å². The Kier molecular flexibility index (Phi) is 12.1. The number of amides is 4. The molecule has 4 rings (SSSR count). The second-order valence-corrected chi connectivity index (χ2v) is 10.4. The van der Waals surface area contributed by atoms with Crippen LogP contribution in [0.1, 0.15) is 90.9 Å². The average molecular weight is 523 g/mol. The summed E-state index contributed by atoms with van der Waals surface area (Å²) in [6, 6.07) is 0. The van der Waals surface area contributed by atoms with E-state index < -0.39 is 0 Å². The van der Waals surface area contributed by atoms with Crippen molar-refractivity contribution in [3.05, 3.63) is 0 Å². The molecule has 10 nitrogen and oxygen atoms in total. The van der Waals surface area contributed by atoms with Gasteiger partial charge in [-0.05, 0) is 52.4 Å². The third kappa shape index (κ3) is 9.25. The lowest BCUT2D eigenvalue weighted by Gasteiger charge is -2.28. The largest absolute Gasteiger partial charge is 0.357 e. The van der Waals surface area contributed by atoms with Gasteiger partial charge in [-0.25, -0.2) is 0 Å². The second-order valence-electron chi connectivity index (χ2n) is 10.4. The zero-order valence-electron chi connectivity index (χ0n) is 22.8. The quantitative estimate of drug-likeness (QED) is 0.462. The zero-order valence-corrected chi connectivity index (χ0v) is 22.8. The van der Waals surface area contributed by atoms with Crippen LogP contribution in [-0.4, -0.2) is 102 Å². The van der Waals surface area contributed by atoms with Gasteiger partial charge in [0.25, 0.3) is 0 Å². The summed E-state index contributed by atoms with van der Waals surface area (Å²) in [6.07, 6.45) is 10.3. The molecule has 0 aromatic rings. The van der Waals surface area contributed by atoms with E-state index in [9.17, 15) is 19.2 Å². The Balaban J connectivity index is 0.000000206. The van der Waals surface area contributed by atoms with E-state index in [1.54, 1.807) is 9.80 Å². The summed E-state index contributed by atoms with van der Waals surface area (Å²) in [5.41, 5.74) is 0. The van der Waals surface area contributed by atoms with E-state index in [1.165, 1.54) is 0 Å². The smallest absolute Gasteiger partial charge is 0.224 e. The maximum Gasteiger partial charge on any atom is 0.224 e. The molecule has 4 aliphatic heterocycles. The Morgan fingerprint density at radius 3 is 1.68 bits per heavy atom. The molecular formula is C27H46N4O6. The minimum absolute atomic E-state index is 0.157. The molecular weight excluding hydrogens is 476 g/mol. The van der Waals surface area contributed by atoms with Crippen LogP contribution >= 0.6 is 0 Å². The van der Waals surface area contributed by atoms with Gasteiger partial charge in [0.2, 0.25) is 23.6 Å². The van der Waals surface area contributed by atoms with Crippen LogP contribution in [0.25, 0.3) is 0 Å². The highest BCUT2D eigenvalue weighted by Crippen LogP contribution is 2.17. The van der Waals surface area contributed by atoms with Gasteiger partial charge in [0.1, 0.15) is 19.2 Å². The molecule has 2 atom stereocenters. The lowest BCUT2D eigenvalue weighted by molar-refractivity contribution is -0.151. The summed E-state index contributed by atoms with van der Waals surface area (Å²) < 4.78 is 11.4. The number of likely N-dealkylation sites (tertiary alicyclic amines) is 4. The van der Waals surface area contributed by atoms with Gasteiger partial charge >= 0.3 is 0 Å². The van der Waals surface area contributed by atoms with Gasteiger partial charge in [-0.1, -0.05) is 12.8 Å². The predicted octanol–water partition coefficient (Wildman–Crippen LogP) is 2.71. The van der Waals surface area contributed by atoms with Gasteiger partial charge in [0.05, 0.1) is 6.61 Å². The fraction of sp³-hybridized carbons (Fsp3) is 0.852. The number of hydrogen-bond donors (Lipinski definition) is 0. The normalized spacial score (nSPS) is 23.1. The van der Waals surface area contributed by atoms with Crippen molar-refractivity contribution in [2.75, 3.05) is 46.1 Å². The van der Waals surface area contributed by atoms with E-state index in [1.807, 2.05) is 23.6 Å². The first-order valence-corrected chi connectivity index (χ1v) is 14.2. The summed E-state index contributed by atoms with van der Waals surface area (Å²) >= 11 is 0. The number of carbonyl (C=O) groups excluding carboxylic acids is 4. The van der Waals surface area contributed by atoms with Gasteiger partial charge in [-0.2, -0.15) is 0 Å². The first-order valence-electron chi connectivity index (χ1n) is 14.2. The van der Waals surface area contributed by atoms with Crippen LogP contribution in [0.2, 0.25) is 0 Å². The van der Waals surface area contributed by atoms with Gasteiger partial charge in [0.15, 0.2) is 0 Å². The molecule has 0 spiro atoms. The molecule has 0 aromatic heterocycles. The lowest BCUT2D eigenvalue weighted by Crippen LogP contribution is -2.41. The topological polar surface area (TPSA) is 99.7 Å². The van der Waals surface area contributed by atoms with Gasteiger partial charge < -0.3 is 29.1 Å². The molecule has 4 saturated heterocycles. The highest BCUT2D eigenvalue weighted by atomic mass is 16.5. The second kappa shape index (κ2) is 15.3. The molecule has 4 fully saturated rings. The summed E-state index contributed by atoms with van der Waals surface area (Å²) in [4.78, 5) is 53.9. The number of nitrogens with zero attached hydrogens (tertiary/aromatic N) is 4. The van der Waals surface area contributed by atoms with Crippen LogP contribution in [0.3, 0.4) is 0 Å². The maximum absolute atomic E-state index is 11.9. The predicted molar refractivity (Wildman–Crippen MR) is 138 cm³/mol. The number of rotatable bonds is 9. The Labute approximate surface area is 221 Å². The monoisotopic (exact) mass is 522 g/mol. The Morgan fingerprint density at radius 2 is 1.05 bits per heavy atom. The maximum atomic E-state index is 11.9. The number of carbonyl (C=O) groups is 4. The van der Waals surface area contributed by atoms with Crippen molar-refractivity contribution in [2.24, 2.45) is 0 Å². The molecule has 0 saturated carbocycles. The van der Waals surface area contributed by atoms with Crippen LogP contribution in [0.4, 0.5) is 0 Å². The van der Waals surface area contributed by atoms with Crippen LogP contribution in [0, 0.1) is 0 Å².